The van der Waals surface area contributed by atoms with Crippen LogP contribution in [0.3, 0.4) is 0 Å². The minimum Gasteiger partial charge on any atom is -0.335 e. The number of hydrogen-bond acceptors (Lipinski definition) is 2. The Bertz CT molecular complexity index is 504. The topological polar surface area (TPSA) is 23.6 Å². The second kappa shape index (κ2) is 4.90. The van der Waals surface area contributed by atoms with Crippen molar-refractivity contribution in [1.29, 1.82) is 0 Å². The molecule has 18 heavy (non-hydrogen) atoms. The van der Waals surface area contributed by atoms with Gasteiger partial charge in [0.05, 0.1) is 5.69 Å². The molecule has 0 N–H and O–H groups in total. The van der Waals surface area contributed by atoms with Crippen molar-refractivity contribution < 1.29 is 4.79 Å². The molecule has 1 heterocycles. The van der Waals surface area contributed by atoms with Gasteiger partial charge < -0.3 is 4.90 Å². The van der Waals surface area contributed by atoms with Crippen LogP contribution >= 0.6 is 12.2 Å². The van der Waals surface area contributed by atoms with E-state index < -0.39 is 0 Å². The van der Waals surface area contributed by atoms with E-state index in [1.165, 1.54) is 0 Å². The van der Waals surface area contributed by atoms with Crippen LogP contribution in [-0.4, -0.2) is 29.0 Å². The van der Waals surface area contributed by atoms with Crippen LogP contribution in [0.15, 0.2) is 30.9 Å². The number of para-hydroxylation sites is 1. The largest absolute Gasteiger partial charge is 0.335 e. The van der Waals surface area contributed by atoms with E-state index in [2.05, 4.69) is 6.58 Å². The highest BCUT2D eigenvalue weighted by molar-refractivity contribution is 7.80. The van der Waals surface area contributed by atoms with Crippen molar-refractivity contribution in [2.24, 2.45) is 0 Å². The molecule has 0 aromatic heterocycles. The summed E-state index contributed by atoms with van der Waals surface area (Å²) in [4.78, 5) is 15.6. The second-order valence-corrected chi connectivity index (χ2v) is 4.79. The van der Waals surface area contributed by atoms with Crippen LogP contribution in [0.1, 0.15) is 11.1 Å². The third-order valence-electron chi connectivity index (χ3n) is 3.05. The molecule has 2 rings (SSSR count). The lowest BCUT2D eigenvalue weighted by Gasteiger charge is -2.22. The summed E-state index contributed by atoms with van der Waals surface area (Å²) in [5, 5.41) is 0.567. The average Bonchev–Trinajstić information content (AvgIpc) is 2.57. The highest BCUT2D eigenvalue weighted by Crippen LogP contribution is 2.28. The lowest BCUT2D eigenvalue weighted by Crippen LogP contribution is -2.33. The van der Waals surface area contributed by atoms with E-state index in [4.69, 9.17) is 12.2 Å². The van der Waals surface area contributed by atoms with Gasteiger partial charge in [-0.15, -0.1) is 6.58 Å². The van der Waals surface area contributed by atoms with Crippen molar-refractivity contribution in [3.63, 3.8) is 0 Å². The summed E-state index contributed by atoms with van der Waals surface area (Å²) in [5.41, 5.74) is 3.04. The molecule has 1 aromatic rings. The summed E-state index contributed by atoms with van der Waals surface area (Å²) in [6, 6.07) is 5.97. The minimum atomic E-state index is 0.0271. The van der Waals surface area contributed by atoms with Crippen LogP contribution in [0.5, 0.6) is 0 Å². The van der Waals surface area contributed by atoms with Gasteiger partial charge in [-0.3, -0.25) is 9.69 Å². The molecule has 4 heteroatoms. The van der Waals surface area contributed by atoms with Crippen molar-refractivity contribution in [2.75, 3.05) is 18.0 Å². The number of benzene rings is 1. The first-order valence-corrected chi connectivity index (χ1v) is 6.26. The second-order valence-electron chi connectivity index (χ2n) is 4.42. The zero-order valence-electron chi connectivity index (χ0n) is 10.6. The Morgan fingerprint density at radius 1 is 1.39 bits per heavy atom. The molecule has 0 atom stereocenters. The number of anilines is 1. The smallest absolute Gasteiger partial charge is 0.252 e. The van der Waals surface area contributed by atoms with Crippen LogP contribution in [0.25, 0.3) is 0 Å². The standard InChI is InChI=1S/C14H16N2OS/c1-4-8-15-9-12(17)16(14(15)18)13-10(2)6-5-7-11(13)3/h4-7H,1,8-9H2,2-3H3. The summed E-state index contributed by atoms with van der Waals surface area (Å²) in [7, 11) is 0. The number of rotatable bonds is 3. The van der Waals surface area contributed by atoms with E-state index in [1.54, 1.807) is 11.0 Å². The van der Waals surface area contributed by atoms with E-state index >= 15 is 0 Å². The van der Waals surface area contributed by atoms with E-state index in [1.807, 2.05) is 36.9 Å². The molecule has 1 saturated heterocycles. The Morgan fingerprint density at radius 2 is 2.00 bits per heavy atom. The fourth-order valence-corrected chi connectivity index (χ4v) is 2.56. The number of amides is 1. The van der Waals surface area contributed by atoms with Gasteiger partial charge >= 0.3 is 0 Å². The highest BCUT2D eigenvalue weighted by atomic mass is 32.1. The number of carbonyl (C=O) groups is 1. The van der Waals surface area contributed by atoms with E-state index in [-0.39, 0.29) is 5.91 Å². The first-order chi connectivity index (χ1) is 8.56. The zero-order chi connectivity index (χ0) is 13.3. The summed E-state index contributed by atoms with van der Waals surface area (Å²) in [6.45, 7) is 8.61. The van der Waals surface area contributed by atoms with Gasteiger partial charge in [0.2, 0.25) is 0 Å². The first-order valence-electron chi connectivity index (χ1n) is 5.85. The van der Waals surface area contributed by atoms with Crippen LogP contribution in [0.4, 0.5) is 5.69 Å². The molecule has 1 aliphatic rings. The van der Waals surface area contributed by atoms with Crippen molar-refractivity contribution in [3.05, 3.63) is 42.0 Å². The van der Waals surface area contributed by atoms with Gasteiger partial charge in [0.15, 0.2) is 5.11 Å². The monoisotopic (exact) mass is 260 g/mol. The Hall–Kier alpha value is -1.68. The molecule has 1 aromatic carbocycles. The molecule has 0 spiro atoms. The summed E-state index contributed by atoms with van der Waals surface area (Å²) in [5.74, 6) is 0.0271. The average molecular weight is 260 g/mol. The fraction of sp³-hybridized carbons (Fsp3) is 0.286. The Morgan fingerprint density at radius 3 is 2.56 bits per heavy atom. The molecule has 94 valence electrons. The molecule has 3 nitrogen and oxygen atoms in total. The van der Waals surface area contributed by atoms with Crippen molar-refractivity contribution in [2.45, 2.75) is 13.8 Å². The molecule has 0 bridgehead atoms. The maximum Gasteiger partial charge on any atom is 0.252 e. The number of thiocarbonyl (C=S) groups is 1. The predicted octanol–water partition coefficient (Wildman–Crippen LogP) is 2.42. The Labute approximate surface area is 113 Å². The summed E-state index contributed by atoms with van der Waals surface area (Å²) in [6.07, 6.45) is 1.76. The lowest BCUT2D eigenvalue weighted by molar-refractivity contribution is -0.116. The number of hydrogen-bond donors (Lipinski definition) is 0. The van der Waals surface area contributed by atoms with Crippen LogP contribution in [0.2, 0.25) is 0 Å². The summed E-state index contributed by atoms with van der Waals surface area (Å²) < 4.78 is 0. The molecule has 1 amide bonds. The van der Waals surface area contributed by atoms with Crippen LogP contribution < -0.4 is 4.90 Å². The van der Waals surface area contributed by atoms with E-state index in [0.717, 1.165) is 16.8 Å². The Balaban J connectivity index is 2.42. The lowest BCUT2D eigenvalue weighted by atomic mass is 10.1. The molecule has 1 aliphatic heterocycles. The van der Waals surface area contributed by atoms with Crippen molar-refractivity contribution in [1.82, 2.24) is 4.90 Å². The van der Waals surface area contributed by atoms with Gasteiger partial charge in [-0.25, -0.2) is 0 Å². The normalized spacial score (nSPS) is 15.4. The maximum atomic E-state index is 12.1. The quantitative estimate of drug-likeness (QED) is 0.616. The van der Waals surface area contributed by atoms with Gasteiger partial charge in [-0.1, -0.05) is 24.3 Å². The number of nitrogens with zero attached hydrogens (tertiary/aromatic N) is 2. The molecule has 0 unspecified atom stereocenters. The van der Waals surface area contributed by atoms with E-state index in [0.29, 0.717) is 18.2 Å². The molecule has 0 radical (unpaired) electrons. The van der Waals surface area contributed by atoms with Crippen molar-refractivity contribution in [3.8, 4) is 0 Å². The molecular formula is C14H16N2OS. The third-order valence-corrected chi connectivity index (χ3v) is 3.49. The maximum absolute atomic E-state index is 12.1. The minimum absolute atomic E-state index is 0.0271. The van der Waals surface area contributed by atoms with Gasteiger partial charge in [0.25, 0.3) is 5.91 Å². The van der Waals surface area contributed by atoms with Gasteiger partial charge in [-0.2, -0.15) is 0 Å². The summed E-state index contributed by atoms with van der Waals surface area (Å²) >= 11 is 5.39. The molecule has 1 fully saturated rings. The SMILES string of the molecule is C=CCN1CC(=O)N(c2c(C)cccc2C)C1=S. The zero-order valence-corrected chi connectivity index (χ0v) is 11.5. The molecule has 0 saturated carbocycles. The first kappa shape index (κ1) is 12.8. The third kappa shape index (κ3) is 2.04. The number of carbonyl (C=O) groups excluding carboxylic acids is 1. The number of aryl methyl sites for hydroxylation is 2. The highest BCUT2D eigenvalue weighted by Gasteiger charge is 2.34. The van der Waals surface area contributed by atoms with Crippen molar-refractivity contribution >= 4 is 28.9 Å². The van der Waals surface area contributed by atoms with Gasteiger partial charge in [0.1, 0.15) is 6.54 Å². The van der Waals surface area contributed by atoms with E-state index in [9.17, 15) is 4.79 Å². The molecule has 0 aliphatic carbocycles. The fourth-order valence-electron chi connectivity index (χ4n) is 2.23. The predicted molar refractivity (Wildman–Crippen MR) is 77.8 cm³/mol. The van der Waals surface area contributed by atoms with Gasteiger partial charge in [0, 0.05) is 6.54 Å². The van der Waals surface area contributed by atoms with Gasteiger partial charge in [-0.05, 0) is 37.2 Å². The Kier molecular flexibility index (Phi) is 3.48. The molecular weight excluding hydrogens is 244 g/mol. The van der Waals surface area contributed by atoms with Crippen LogP contribution in [0, 0.1) is 13.8 Å². The van der Waals surface area contributed by atoms with Crippen LogP contribution in [-0.2, 0) is 4.79 Å².